The van der Waals surface area contributed by atoms with Crippen LogP contribution >= 0.6 is 11.3 Å². The van der Waals surface area contributed by atoms with E-state index >= 15 is 0 Å². The summed E-state index contributed by atoms with van der Waals surface area (Å²) in [5.41, 5.74) is 0.596. The average Bonchev–Trinajstić information content (AvgIpc) is 3.25. The molecule has 32 heavy (non-hydrogen) atoms. The van der Waals surface area contributed by atoms with E-state index in [4.69, 9.17) is 9.15 Å². The van der Waals surface area contributed by atoms with Gasteiger partial charge in [-0.1, -0.05) is 18.2 Å². The molecule has 0 radical (unpaired) electrons. The summed E-state index contributed by atoms with van der Waals surface area (Å²) in [5, 5.41) is 5.23. The predicted octanol–water partition coefficient (Wildman–Crippen LogP) is 3.73. The molecule has 0 saturated carbocycles. The molecule has 0 atom stereocenters. The number of benzene rings is 2. The Morgan fingerprint density at radius 1 is 1.16 bits per heavy atom. The summed E-state index contributed by atoms with van der Waals surface area (Å²) in [4.78, 5) is 28.9. The summed E-state index contributed by atoms with van der Waals surface area (Å²) in [6.07, 6.45) is -0.235. The number of rotatable bonds is 7. The molecule has 1 N–H and O–H groups in total. The van der Waals surface area contributed by atoms with Crippen molar-refractivity contribution < 1.29 is 22.4 Å². The molecule has 0 spiro atoms. The molecule has 10 heteroatoms. The van der Waals surface area contributed by atoms with Crippen molar-refractivity contribution in [3.05, 3.63) is 70.4 Å². The smallest absolute Gasteiger partial charge is 0.345 e. The maximum Gasteiger partial charge on any atom is 0.345 e. The molecule has 164 valence electrons. The van der Waals surface area contributed by atoms with Gasteiger partial charge < -0.3 is 14.5 Å². The van der Waals surface area contributed by atoms with Crippen LogP contribution in [0.15, 0.2) is 74.1 Å². The lowest BCUT2D eigenvalue weighted by Crippen LogP contribution is -2.17. The van der Waals surface area contributed by atoms with Crippen LogP contribution in [0.2, 0.25) is 0 Å². The van der Waals surface area contributed by atoms with E-state index in [9.17, 15) is 18.0 Å². The number of para-hydroxylation sites is 1. The highest BCUT2D eigenvalue weighted by Crippen LogP contribution is 2.25. The van der Waals surface area contributed by atoms with E-state index in [1.165, 1.54) is 19.2 Å². The van der Waals surface area contributed by atoms with Gasteiger partial charge in [-0.25, -0.2) is 18.2 Å². The van der Waals surface area contributed by atoms with Gasteiger partial charge in [0.2, 0.25) is 5.91 Å². The number of anilines is 1. The van der Waals surface area contributed by atoms with Gasteiger partial charge >= 0.3 is 5.63 Å². The predicted molar refractivity (Wildman–Crippen MR) is 122 cm³/mol. The number of aromatic nitrogens is 1. The van der Waals surface area contributed by atoms with Crippen LogP contribution in [0, 0.1) is 0 Å². The number of amides is 1. The lowest BCUT2D eigenvalue weighted by Gasteiger charge is -2.06. The van der Waals surface area contributed by atoms with E-state index in [-0.39, 0.29) is 27.8 Å². The molecule has 0 fully saturated rings. The van der Waals surface area contributed by atoms with Gasteiger partial charge in [0.05, 0.1) is 29.0 Å². The topological polar surface area (TPSA) is 116 Å². The minimum absolute atomic E-state index is 0.116. The molecule has 8 nitrogen and oxygen atoms in total. The number of nitrogens with one attached hydrogen (secondary N) is 1. The van der Waals surface area contributed by atoms with Crippen LogP contribution in [0.3, 0.4) is 0 Å². The van der Waals surface area contributed by atoms with Crippen LogP contribution in [0.1, 0.15) is 6.42 Å². The van der Waals surface area contributed by atoms with Gasteiger partial charge in [-0.15, -0.1) is 11.3 Å². The molecular formula is C22H18N2O6S2. The number of carbonyl (C=O) groups is 1. The third-order valence-electron chi connectivity index (χ3n) is 4.68. The molecule has 2 heterocycles. The second kappa shape index (κ2) is 8.93. The maximum absolute atomic E-state index is 12.4. The molecule has 4 aromatic rings. The number of nitrogens with zero attached hydrogens (tertiary/aromatic N) is 1. The molecule has 2 aromatic carbocycles. The van der Waals surface area contributed by atoms with E-state index in [2.05, 4.69) is 10.3 Å². The molecule has 0 aliphatic heterocycles. The Morgan fingerprint density at radius 2 is 1.91 bits per heavy atom. The molecule has 2 aromatic heterocycles. The van der Waals surface area contributed by atoms with E-state index in [0.29, 0.717) is 17.0 Å². The average molecular weight is 471 g/mol. The zero-order valence-electron chi connectivity index (χ0n) is 16.9. The van der Waals surface area contributed by atoms with Crippen molar-refractivity contribution in [2.45, 2.75) is 11.3 Å². The second-order valence-electron chi connectivity index (χ2n) is 6.82. The molecule has 1 amide bonds. The maximum atomic E-state index is 12.4. The summed E-state index contributed by atoms with van der Waals surface area (Å²) in [6, 6.07) is 14.8. The van der Waals surface area contributed by atoms with E-state index < -0.39 is 21.4 Å². The fourth-order valence-corrected chi connectivity index (χ4v) is 4.97. The first-order valence-electron chi connectivity index (χ1n) is 9.51. The second-order valence-corrected chi connectivity index (χ2v) is 9.78. The van der Waals surface area contributed by atoms with Gasteiger partial charge in [0, 0.05) is 17.2 Å². The van der Waals surface area contributed by atoms with E-state index in [1.807, 2.05) is 12.1 Å². The fourth-order valence-electron chi connectivity index (χ4n) is 3.01. The Labute approximate surface area is 187 Å². The Balaban J connectivity index is 1.43. The number of hydrogen-bond acceptors (Lipinski definition) is 8. The zero-order chi connectivity index (χ0) is 22.7. The van der Waals surface area contributed by atoms with Gasteiger partial charge in [0.25, 0.3) is 0 Å². The number of fused-ring (bicyclic) bond motifs is 1. The number of sulfone groups is 1. The standard InChI is InChI=1S/C22H18N2O6S2/c1-29-15-6-8-16(9-7-15)32(27,28)11-10-20(25)24-22-23-18(13-31-22)17-12-14-4-2-3-5-19(14)30-21(17)26/h2-9,12-13H,10-11H2,1H3,(H,23,24,25). The number of ether oxygens (including phenoxy) is 1. The Kier molecular flexibility index (Phi) is 6.06. The van der Waals surface area contributed by atoms with Crippen molar-refractivity contribution in [3.63, 3.8) is 0 Å². The summed E-state index contributed by atoms with van der Waals surface area (Å²) in [5.74, 6) is -0.298. The van der Waals surface area contributed by atoms with Gasteiger partial charge in [-0.3, -0.25) is 4.79 Å². The molecule has 0 bridgehead atoms. The van der Waals surface area contributed by atoms with Gasteiger partial charge in [0.15, 0.2) is 15.0 Å². The van der Waals surface area contributed by atoms with Crippen LogP contribution in [-0.4, -0.2) is 32.2 Å². The van der Waals surface area contributed by atoms with Crippen LogP contribution in [0.5, 0.6) is 5.75 Å². The number of hydrogen-bond donors (Lipinski definition) is 1. The highest BCUT2D eigenvalue weighted by atomic mass is 32.2. The Hall–Kier alpha value is -3.50. The number of methoxy groups -OCH3 is 1. The van der Waals surface area contributed by atoms with Crippen LogP contribution in [0.25, 0.3) is 22.2 Å². The van der Waals surface area contributed by atoms with Crippen LogP contribution in [-0.2, 0) is 14.6 Å². The monoisotopic (exact) mass is 470 g/mol. The fraction of sp³-hybridized carbons (Fsp3) is 0.136. The van der Waals surface area contributed by atoms with Gasteiger partial charge in [-0.2, -0.15) is 0 Å². The Bertz CT molecular complexity index is 1440. The molecule has 0 aliphatic rings. The number of carbonyl (C=O) groups excluding carboxylic acids is 1. The quantitative estimate of drug-likeness (QED) is 0.409. The third-order valence-corrected chi connectivity index (χ3v) is 7.17. The highest BCUT2D eigenvalue weighted by molar-refractivity contribution is 7.91. The van der Waals surface area contributed by atoms with Gasteiger partial charge in [-0.05, 0) is 36.4 Å². The van der Waals surface area contributed by atoms with Crippen molar-refractivity contribution in [2.75, 3.05) is 18.2 Å². The van der Waals surface area contributed by atoms with Crippen LogP contribution in [0.4, 0.5) is 5.13 Å². The zero-order valence-corrected chi connectivity index (χ0v) is 18.5. The van der Waals surface area contributed by atoms with E-state index in [1.54, 1.807) is 35.7 Å². The van der Waals surface area contributed by atoms with Gasteiger partial charge in [0.1, 0.15) is 11.3 Å². The van der Waals surface area contributed by atoms with Crippen molar-refractivity contribution in [1.29, 1.82) is 0 Å². The minimum Gasteiger partial charge on any atom is -0.497 e. The molecule has 0 aliphatic carbocycles. The first kappa shape index (κ1) is 21.7. The number of thiazole rings is 1. The largest absolute Gasteiger partial charge is 0.497 e. The van der Waals surface area contributed by atoms with Crippen molar-refractivity contribution in [1.82, 2.24) is 4.98 Å². The normalized spacial score (nSPS) is 11.4. The van der Waals surface area contributed by atoms with Crippen molar-refractivity contribution in [3.8, 4) is 17.0 Å². The lowest BCUT2D eigenvalue weighted by molar-refractivity contribution is -0.115. The highest BCUT2D eigenvalue weighted by Gasteiger charge is 2.18. The summed E-state index contributed by atoms with van der Waals surface area (Å²) < 4.78 is 35.2. The minimum atomic E-state index is -3.62. The van der Waals surface area contributed by atoms with E-state index in [0.717, 1.165) is 16.7 Å². The summed E-state index contributed by atoms with van der Waals surface area (Å²) in [6.45, 7) is 0. The molecule has 0 saturated heterocycles. The molecule has 4 rings (SSSR count). The van der Waals surface area contributed by atoms with Crippen molar-refractivity contribution >= 4 is 43.2 Å². The Morgan fingerprint density at radius 3 is 2.66 bits per heavy atom. The van der Waals surface area contributed by atoms with Crippen LogP contribution < -0.4 is 15.7 Å². The molecule has 0 unspecified atom stereocenters. The third kappa shape index (κ3) is 4.71. The first-order chi connectivity index (χ1) is 15.4. The first-order valence-corrected chi connectivity index (χ1v) is 12.0. The molecular weight excluding hydrogens is 452 g/mol. The SMILES string of the molecule is COc1ccc(S(=O)(=O)CCC(=O)Nc2nc(-c3cc4ccccc4oc3=O)cs2)cc1. The summed E-state index contributed by atoms with van der Waals surface area (Å²) >= 11 is 1.13. The lowest BCUT2D eigenvalue weighted by atomic mass is 10.1. The van der Waals surface area contributed by atoms with Crippen molar-refractivity contribution in [2.24, 2.45) is 0 Å². The summed E-state index contributed by atoms with van der Waals surface area (Å²) in [7, 11) is -2.13.